The van der Waals surface area contributed by atoms with Crippen LogP contribution in [0.25, 0.3) is 16.7 Å². The zero-order valence-corrected chi connectivity index (χ0v) is 18.5. The molecule has 0 fully saturated rings. The first-order valence-corrected chi connectivity index (χ1v) is 9.78. The van der Waals surface area contributed by atoms with Crippen LogP contribution in [0.3, 0.4) is 0 Å². The van der Waals surface area contributed by atoms with E-state index in [1.54, 1.807) is 36.1 Å². The molecule has 0 saturated carbocycles. The van der Waals surface area contributed by atoms with Gasteiger partial charge in [-0.05, 0) is 54.9 Å². The van der Waals surface area contributed by atoms with E-state index >= 15 is 4.39 Å². The van der Waals surface area contributed by atoms with Crippen molar-refractivity contribution in [3.8, 4) is 11.4 Å². The van der Waals surface area contributed by atoms with Crippen LogP contribution in [0.15, 0.2) is 47.1 Å². The normalized spacial score (nSPS) is 11.9. The molecule has 0 spiro atoms. The highest BCUT2D eigenvalue weighted by Crippen LogP contribution is 2.33. The van der Waals surface area contributed by atoms with E-state index in [1.807, 2.05) is 25.1 Å². The van der Waals surface area contributed by atoms with Gasteiger partial charge in [-0.25, -0.2) is 4.39 Å². The fourth-order valence-electron chi connectivity index (χ4n) is 3.36. The number of methoxy groups -OCH3 is 1. The summed E-state index contributed by atoms with van der Waals surface area (Å²) < 4.78 is 27.9. The van der Waals surface area contributed by atoms with Gasteiger partial charge in [-0.1, -0.05) is 0 Å². The van der Waals surface area contributed by atoms with Crippen LogP contribution >= 0.6 is 24.0 Å². The molecule has 1 unspecified atom stereocenters. The summed E-state index contributed by atoms with van der Waals surface area (Å²) in [6, 6.07) is 10.6. The molecule has 0 amide bonds. The predicted octanol–water partition coefficient (Wildman–Crippen LogP) is 4.74. The molecular formula is C21H22Cl2FN5O2. The van der Waals surface area contributed by atoms with Gasteiger partial charge in [-0.2, -0.15) is 9.97 Å². The first-order valence-electron chi connectivity index (χ1n) is 9.40. The quantitative estimate of drug-likeness (QED) is 0.383. The maximum atomic E-state index is 15.7. The summed E-state index contributed by atoms with van der Waals surface area (Å²) in [4.78, 5) is 8.54. The van der Waals surface area contributed by atoms with Gasteiger partial charge in [0.1, 0.15) is 17.3 Å². The van der Waals surface area contributed by atoms with Gasteiger partial charge < -0.3 is 20.2 Å². The molecule has 1 atom stereocenters. The topological polar surface area (TPSA) is 91.1 Å². The Morgan fingerprint density at radius 3 is 2.61 bits per heavy atom. The molecule has 0 saturated heterocycles. The fourth-order valence-corrected chi connectivity index (χ4v) is 3.53. The zero-order valence-electron chi connectivity index (χ0n) is 16.9. The number of hydrogen-bond acceptors (Lipinski definition) is 6. The molecule has 1 aromatic carbocycles. The lowest BCUT2D eigenvalue weighted by Crippen LogP contribution is -2.20. The van der Waals surface area contributed by atoms with Crippen molar-refractivity contribution >= 4 is 40.9 Å². The Hall–Kier alpha value is -2.81. The summed E-state index contributed by atoms with van der Waals surface area (Å²) in [5.74, 6) is 1.23. The second-order valence-corrected chi connectivity index (χ2v) is 7.29. The van der Waals surface area contributed by atoms with Crippen molar-refractivity contribution in [2.24, 2.45) is 5.73 Å². The first-order chi connectivity index (χ1) is 14.5. The Bertz CT molecular complexity index is 1160. The molecule has 0 aliphatic heterocycles. The number of anilines is 1. The Labute approximate surface area is 189 Å². The first kappa shape index (κ1) is 22.9. The van der Waals surface area contributed by atoms with Crippen LogP contribution in [0.2, 0.25) is 5.28 Å². The van der Waals surface area contributed by atoms with E-state index in [4.69, 9.17) is 26.5 Å². The van der Waals surface area contributed by atoms with Crippen LogP contribution in [0.1, 0.15) is 18.4 Å². The number of furan rings is 1. The molecule has 0 bridgehead atoms. The standard InChI is InChI=1S/C21H21ClFN5O2.ClH/c1-12(24)10-16-18(23)17-19(25-11-15-4-3-9-30-15)26-21(22)27-20(17)28(16)13-5-7-14(29-2)8-6-13;/h3-9,12H,10-11,24H2,1-2H3,(H,25,26,27);1H. The zero-order chi connectivity index (χ0) is 21.3. The Balaban J connectivity index is 0.00000272. The van der Waals surface area contributed by atoms with Gasteiger partial charge >= 0.3 is 0 Å². The molecule has 10 heteroatoms. The van der Waals surface area contributed by atoms with E-state index < -0.39 is 5.82 Å². The van der Waals surface area contributed by atoms with Crippen molar-refractivity contribution in [2.45, 2.75) is 25.9 Å². The molecule has 31 heavy (non-hydrogen) atoms. The van der Waals surface area contributed by atoms with E-state index in [1.165, 1.54) is 0 Å². The number of nitrogens with two attached hydrogens (primary N) is 1. The van der Waals surface area contributed by atoms with E-state index in [9.17, 15) is 0 Å². The van der Waals surface area contributed by atoms with Crippen molar-refractivity contribution in [3.05, 3.63) is 65.2 Å². The SMILES string of the molecule is COc1ccc(-n2c(CC(C)N)c(F)c3c(NCc4ccco4)nc(Cl)nc32)cc1.Cl. The molecule has 3 N–H and O–H groups in total. The van der Waals surface area contributed by atoms with E-state index in [-0.39, 0.29) is 34.9 Å². The van der Waals surface area contributed by atoms with Gasteiger partial charge in [-0.15, -0.1) is 12.4 Å². The number of aromatic nitrogens is 3. The Kier molecular flexibility index (Phi) is 7.04. The summed E-state index contributed by atoms with van der Waals surface area (Å²) >= 11 is 6.19. The summed E-state index contributed by atoms with van der Waals surface area (Å²) in [5.41, 5.74) is 7.49. The number of fused-ring (bicyclic) bond motifs is 1. The number of nitrogens with zero attached hydrogens (tertiary/aromatic N) is 3. The maximum absolute atomic E-state index is 15.7. The Morgan fingerprint density at radius 1 is 1.26 bits per heavy atom. The third kappa shape index (κ3) is 4.61. The molecule has 164 valence electrons. The molecule has 0 radical (unpaired) electrons. The molecule has 0 aliphatic rings. The second kappa shape index (κ2) is 9.55. The smallest absolute Gasteiger partial charge is 0.226 e. The minimum atomic E-state index is -0.434. The van der Waals surface area contributed by atoms with Gasteiger partial charge in [0.25, 0.3) is 0 Å². The Morgan fingerprint density at radius 2 is 2.00 bits per heavy atom. The number of halogens is 3. The molecule has 0 aliphatic carbocycles. The summed E-state index contributed by atoms with van der Waals surface area (Å²) in [6.07, 6.45) is 1.88. The van der Waals surface area contributed by atoms with Crippen LogP contribution in [-0.2, 0) is 13.0 Å². The van der Waals surface area contributed by atoms with E-state index in [0.717, 1.165) is 0 Å². The number of ether oxygens (including phenoxy) is 1. The van der Waals surface area contributed by atoms with E-state index in [2.05, 4.69) is 15.3 Å². The summed E-state index contributed by atoms with van der Waals surface area (Å²) in [7, 11) is 1.59. The number of benzene rings is 1. The number of nitrogens with one attached hydrogen (secondary N) is 1. The second-order valence-electron chi connectivity index (χ2n) is 6.95. The molecule has 4 rings (SSSR count). The van der Waals surface area contributed by atoms with Gasteiger partial charge in [0.15, 0.2) is 11.5 Å². The highest BCUT2D eigenvalue weighted by molar-refractivity contribution is 6.28. The third-order valence-corrected chi connectivity index (χ3v) is 4.84. The molecule has 4 aromatic rings. The van der Waals surface area contributed by atoms with Crippen molar-refractivity contribution in [1.29, 1.82) is 0 Å². The maximum Gasteiger partial charge on any atom is 0.226 e. The van der Waals surface area contributed by atoms with Crippen molar-refractivity contribution in [3.63, 3.8) is 0 Å². The minimum absolute atomic E-state index is 0. The van der Waals surface area contributed by atoms with Crippen LogP contribution in [0.5, 0.6) is 5.75 Å². The van der Waals surface area contributed by atoms with Gasteiger partial charge in [0.05, 0.1) is 31.0 Å². The predicted molar refractivity (Wildman–Crippen MR) is 121 cm³/mol. The van der Waals surface area contributed by atoms with Crippen molar-refractivity contribution in [2.75, 3.05) is 12.4 Å². The molecule has 3 aromatic heterocycles. The van der Waals surface area contributed by atoms with Crippen LogP contribution in [-0.4, -0.2) is 27.7 Å². The number of rotatable bonds is 7. The van der Waals surface area contributed by atoms with Gasteiger partial charge in [0, 0.05) is 18.2 Å². The van der Waals surface area contributed by atoms with Crippen LogP contribution in [0.4, 0.5) is 10.2 Å². The van der Waals surface area contributed by atoms with Crippen molar-refractivity contribution < 1.29 is 13.5 Å². The average Bonchev–Trinajstić information content (AvgIpc) is 3.33. The van der Waals surface area contributed by atoms with Crippen LogP contribution < -0.4 is 15.8 Å². The third-order valence-electron chi connectivity index (χ3n) is 4.67. The lowest BCUT2D eigenvalue weighted by molar-refractivity contribution is 0.414. The average molecular weight is 466 g/mol. The molecule has 7 nitrogen and oxygen atoms in total. The molecule has 3 heterocycles. The largest absolute Gasteiger partial charge is 0.497 e. The summed E-state index contributed by atoms with van der Waals surface area (Å²) in [5, 5.41) is 3.35. The fraction of sp³-hybridized carbons (Fsp3) is 0.238. The van der Waals surface area contributed by atoms with E-state index in [0.29, 0.717) is 41.5 Å². The number of hydrogen-bond donors (Lipinski definition) is 2. The van der Waals surface area contributed by atoms with Gasteiger partial charge in [-0.3, -0.25) is 4.57 Å². The van der Waals surface area contributed by atoms with Crippen molar-refractivity contribution in [1.82, 2.24) is 14.5 Å². The minimum Gasteiger partial charge on any atom is -0.497 e. The van der Waals surface area contributed by atoms with Crippen LogP contribution in [0, 0.1) is 5.82 Å². The lowest BCUT2D eigenvalue weighted by atomic mass is 10.1. The molecular weight excluding hydrogens is 444 g/mol. The highest BCUT2D eigenvalue weighted by Gasteiger charge is 2.24. The summed E-state index contributed by atoms with van der Waals surface area (Å²) in [6.45, 7) is 2.15. The van der Waals surface area contributed by atoms with Gasteiger partial charge in [0.2, 0.25) is 5.28 Å². The highest BCUT2D eigenvalue weighted by atomic mass is 35.5. The monoisotopic (exact) mass is 465 g/mol. The lowest BCUT2D eigenvalue weighted by Gasteiger charge is -2.12.